The van der Waals surface area contributed by atoms with Crippen LogP contribution in [0.25, 0.3) is 0 Å². The van der Waals surface area contributed by atoms with Gasteiger partial charge >= 0.3 is 80.9 Å². The van der Waals surface area contributed by atoms with Crippen LogP contribution in [0.3, 0.4) is 0 Å². The second kappa shape index (κ2) is 16.0. The summed E-state index contributed by atoms with van der Waals surface area (Å²) in [5.41, 5.74) is 0. The first-order valence-corrected chi connectivity index (χ1v) is 0. The molecule has 0 heterocycles. The van der Waals surface area contributed by atoms with Crippen molar-refractivity contribution in [1.82, 2.24) is 0 Å². The summed E-state index contributed by atoms with van der Waals surface area (Å²) >= 11 is 0. The van der Waals surface area contributed by atoms with Crippen molar-refractivity contribution >= 4 is 9.90 Å². The van der Waals surface area contributed by atoms with Gasteiger partial charge in [-0.15, -0.1) is 0 Å². The van der Waals surface area contributed by atoms with Gasteiger partial charge in [-0.2, -0.15) is 9.90 Å². The molecule has 0 bridgehead atoms. The summed E-state index contributed by atoms with van der Waals surface area (Å²) in [6, 6.07) is 0. The molecule has 0 aliphatic heterocycles. The van der Waals surface area contributed by atoms with Crippen LogP contribution in [0, 0.1) is 0 Å². The SMILES string of the molecule is P.[Fe].[H-].[H-].[K+].[Na+]. The number of hydrogen-bond donors (Lipinski definition) is 0. The molecule has 0 aliphatic rings. The van der Waals surface area contributed by atoms with E-state index in [0.717, 1.165) is 0 Å². The van der Waals surface area contributed by atoms with Gasteiger partial charge in [0.05, 0.1) is 0 Å². The van der Waals surface area contributed by atoms with Crippen LogP contribution >= 0.6 is 9.90 Å². The Morgan fingerprint density at radius 3 is 1.25 bits per heavy atom. The minimum atomic E-state index is 0. The predicted octanol–water partition coefficient (Wildman–Crippen LogP) is -5.71. The fourth-order valence-electron chi connectivity index (χ4n) is 0. The molecule has 0 aromatic rings. The van der Waals surface area contributed by atoms with E-state index in [4.69, 9.17) is 0 Å². The minimum Gasteiger partial charge on any atom is -1.00 e. The Kier molecular flexibility index (Phi) is 102. The average molecular weight is 154 g/mol. The van der Waals surface area contributed by atoms with Crippen LogP contribution in [0.15, 0.2) is 0 Å². The molecule has 0 radical (unpaired) electrons. The largest absolute Gasteiger partial charge is 1.00 e. The predicted molar refractivity (Wildman–Crippen MR) is 13.3 cm³/mol. The van der Waals surface area contributed by atoms with Gasteiger partial charge in [0.2, 0.25) is 0 Å². The summed E-state index contributed by atoms with van der Waals surface area (Å²) < 4.78 is 0. The monoisotopic (exact) mass is 154 g/mol. The summed E-state index contributed by atoms with van der Waals surface area (Å²) in [7, 11) is 0. The molecule has 0 aromatic heterocycles. The van der Waals surface area contributed by atoms with Crippen LogP contribution in [0.5, 0.6) is 0 Å². The van der Waals surface area contributed by atoms with Crippen LogP contribution in [-0.2, 0) is 17.1 Å². The quantitative estimate of drug-likeness (QED) is 0.241. The molecule has 0 rings (SSSR count). The maximum absolute atomic E-state index is 0. The standard InChI is InChI=1S/Fe.K.Na.H3P.2H/h;;;1H3;;/q;2*+1;;2*-1. The molecule has 1 atom stereocenters. The van der Waals surface area contributed by atoms with Crippen molar-refractivity contribution in [2.24, 2.45) is 0 Å². The van der Waals surface area contributed by atoms with E-state index in [9.17, 15) is 0 Å². The first kappa shape index (κ1) is 25.6. The average Bonchev–Trinajstić information content (AvgIpc) is 0. The van der Waals surface area contributed by atoms with E-state index in [1.807, 2.05) is 0 Å². The fraction of sp³-hybridized carbons (Fsp3) is 0. The van der Waals surface area contributed by atoms with Crippen LogP contribution in [0.2, 0.25) is 0 Å². The number of hydrogen-bond acceptors (Lipinski definition) is 0. The minimum absolute atomic E-state index is 0. The molecular weight excluding hydrogens is 149 g/mol. The molecule has 20 valence electrons. The van der Waals surface area contributed by atoms with Gasteiger partial charge in [-0.05, 0) is 0 Å². The first-order chi connectivity index (χ1) is 0. The molecule has 0 aromatic carbocycles. The Balaban J connectivity index is 0. The Morgan fingerprint density at radius 2 is 1.25 bits per heavy atom. The van der Waals surface area contributed by atoms with Gasteiger partial charge in [0.25, 0.3) is 0 Å². The molecule has 1 unspecified atom stereocenters. The summed E-state index contributed by atoms with van der Waals surface area (Å²) in [5, 5.41) is 0. The zero-order chi connectivity index (χ0) is 0. The van der Waals surface area contributed by atoms with Crippen LogP contribution in [0.4, 0.5) is 0 Å². The van der Waals surface area contributed by atoms with E-state index in [1.165, 1.54) is 0 Å². The maximum atomic E-state index is 0. The summed E-state index contributed by atoms with van der Waals surface area (Å²) in [6.45, 7) is 0. The van der Waals surface area contributed by atoms with Gasteiger partial charge in [-0.25, -0.2) is 0 Å². The van der Waals surface area contributed by atoms with Gasteiger partial charge < -0.3 is 2.85 Å². The molecule has 0 saturated heterocycles. The van der Waals surface area contributed by atoms with E-state index in [1.54, 1.807) is 0 Å². The van der Waals surface area contributed by atoms with Gasteiger partial charge in [-0.1, -0.05) is 0 Å². The molecule has 0 N–H and O–H groups in total. The smallest absolute Gasteiger partial charge is 1.00 e. The maximum Gasteiger partial charge on any atom is 1.00 e. The number of rotatable bonds is 0. The Labute approximate surface area is 108 Å². The second-order valence-electron chi connectivity index (χ2n) is 0. The molecule has 0 amide bonds. The Bertz CT molecular complexity index is 13.5. The third-order valence-corrected chi connectivity index (χ3v) is 0. The van der Waals surface area contributed by atoms with Crippen molar-refractivity contribution in [3.05, 3.63) is 0 Å². The van der Waals surface area contributed by atoms with Crippen LogP contribution < -0.4 is 80.9 Å². The van der Waals surface area contributed by atoms with Crippen molar-refractivity contribution in [3.63, 3.8) is 0 Å². The fourth-order valence-corrected chi connectivity index (χ4v) is 0. The summed E-state index contributed by atoms with van der Waals surface area (Å²) in [4.78, 5) is 0. The molecule has 0 saturated carbocycles. The van der Waals surface area contributed by atoms with Crippen LogP contribution in [-0.4, -0.2) is 0 Å². The second-order valence-corrected chi connectivity index (χ2v) is 0. The van der Waals surface area contributed by atoms with Gasteiger partial charge in [-0.3, -0.25) is 0 Å². The molecule has 4 heavy (non-hydrogen) atoms. The summed E-state index contributed by atoms with van der Waals surface area (Å²) in [5.74, 6) is 0. The van der Waals surface area contributed by atoms with E-state index in [-0.39, 0.29) is 111 Å². The van der Waals surface area contributed by atoms with Crippen molar-refractivity contribution in [2.45, 2.75) is 0 Å². The zero-order valence-corrected chi connectivity index (χ0v) is 10.7. The van der Waals surface area contributed by atoms with Gasteiger partial charge in [0.15, 0.2) is 0 Å². The van der Waals surface area contributed by atoms with Crippen molar-refractivity contribution in [3.8, 4) is 0 Å². The van der Waals surface area contributed by atoms with E-state index >= 15 is 0 Å². The third kappa shape index (κ3) is 9.14. The van der Waals surface area contributed by atoms with E-state index < -0.39 is 0 Å². The Hall–Kier alpha value is 3.59. The van der Waals surface area contributed by atoms with E-state index in [2.05, 4.69) is 0 Å². The van der Waals surface area contributed by atoms with Gasteiger partial charge in [0.1, 0.15) is 0 Å². The van der Waals surface area contributed by atoms with E-state index in [0.29, 0.717) is 0 Å². The topological polar surface area (TPSA) is 0 Å². The zero-order valence-electron chi connectivity index (χ0n) is 5.06. The molecule has 0 nitrogen and oxygen atoms in total. The molecular formula is H5FeKNaP. The third-order valence-electron chi connectivity index (χ3n) is 0. The molecule has 0 fully saturated rings. The molecule has 0 spiro atoms. The normalized spacial score (nSPS) is 0. The first-order valence-electron chi connectivity index (χ1n) is 0. The molecule has 4 heteroatoms. The van der Waals surface area contributed by atoms with Crippen molar-refractivity contribution in [2.75, 3.05) is 0 Å². The van der Waals surface area contributed by atoms with Crippen molar-refractivity contribution < 1.29 is 101 Å². The van der Waals surface area contributed by atoms with Crippen LogP contribution in [0.1, 0.15) is 2.85 Å². The van der Waals surface area contributed by atoms with Gasteiger partial charge in [0, 0.05) is 17.1 Å². The Morgan fingerprint density at radius 1 is 1.25 bits per heavy atom. The van der Waals surface area contributed by atoms with Crippen molar-refractivity contribution in [1.29, 1.82) is 0 Å². The summed E-state index contributed by atoms with van der Waals surface area (Å²) in [6.07, 6.45) is 0. The molecule has 0 aliphatic carbocycles.